The van der Waals surface area contributed by atoms with Crippen molar-refractivity contribution in [3.05, 3.63) is 47.5 Å². The maximum Gasteiger partial charge on any atom is 0.333 e. The lowest BCUT2D eigenvalue weighted by Gasteiger charge is -2.57. The highest BCUT2D eigenvalue weighted by Gasteiger charge is 2.60. The number of carbonyl (C=O) groups is 2. The Kier molecular flexibility index (Phi) is 6.59. The first-order chi connectivity index (χ1) is 14.3. The molecule has 0 aromatic carbocycles. The van der Waals surface area contributed by atoms with Crippen LogP contribution in [-0.4, -0.2) is 23.7 Å². The van der Waals surface area contributed by atoms with Crippen LogP contribution in [0.15, 0.2) is 46.3 Å². The van der Waals surface area contributed by atoms with E-state index in [2.05, 4.69) is 13.8 Å². The van der Waals surface area contributed by atoms with E-state index in [1.165, 1.54) is 0 Å². The molecule has 0 amide bonds. The third kappa shape index (κ3) is 3.86. The molecule has 1 saturated carbocycles. The zero-order valence-electron chi connectivity index (χ0n) is 18.6. The minimum Gasteiger partial charge on any atom is -0.481 e. The summed E-state index contributed by atoms with van der Waals surface area (Å²) in [4.78, 5) is 25.0. The van der Waals surface area contributed by atoms with Crippen LogP contribution in [-0.2, 0) is 20.7 Å². The molecule has 0 saturated heterocycles. The lowest BCUT2D eigenvalue weighted by molar-refractivity contribution is -0.164. The van der Waals surface area contributed by atoms with Gasteiger partial charge >= 0.3 is 11.9 Å². The Labute approximate surface area is 179 Å². The highest BCUT2D eigenvalue weighted by Crippen LogP contribution is 2.62. The maximum atomic E-state index is 12.8. The zero-order chi connectivity index (χ0) is 21.9. The first-order valence-corrected chi connectivity index (χ1v) is 11.0. The number of ether oxygens (including phenoxy) is 1. The third-order valence-electron chi connectivity index (χ3n) is 7.94. The zero-order valence-corrected chi connectivity index (χ0v) is 18.6. The molecular formula is C25H34O5. The Balaban J connectivity index is 1.89. The molecule has 4 atom stereocenters. The summed E-state index contributed by atoms with van der Waals surface area (Å²) in [7, 11) is 0. The first-order valence-electron chi connectivity index (χ1n) is 11.0. The SMILES string of the molecule is C/C=C(/C)C(=O)OCC1=CCC[C@H]2[C@]1(C(=O)O)CC[C@H](C)[C@@]2(C)CCc1ccoc1. The molecule has 1 aromatic rings. The second-order valence-corrected chi connectivity index (χ2v) is 9.26. The Hall–Kier alpha value is -2.30. The van der Waals surface area contributed by atoms with Crippen molar-refractivity contribution in [1.29, 1.82) is 0 Å². The van der Waals surface area contributed by atoms with Gasteiger partial charge in [0.1, 0.15) is 6.61 Å². The van der Waals surface area contributed by atoms with E-state index < -0.39 is 11.4 Å². The summed E-state index contributed by atoms with van der Waals surface area (Å²) in [5.74, 6) is -0.722. The molecule has 1 N–H and O–H groups in total. The van der Waals surface area contributed by atoms with Gasteiger partial charge in [-0.25, -0.2) is 4.79 Å². The van der Waals surface area contributed by atoms with Gasteiger partial charge in [-0.2, -0.15) is 0 Å². The van der Waals surface area contributed by atoms with Gasteiger partial charge in [-0.1, -0.05) is 26.0 Å². The second-order valence-electron chi connectivity index (χ2n) is 9.26. The van der Waals surface area contributed by atoms with Crippen molar-refractivity contribution in [3.63, 3.8) is 0 Å². The molecule has 0 bridgehead atoms. The van der Waals surface area contributed by atoms with Gasteiger partial charge in [-0.3, -0.25) is 4.79 Å². The normalized spacial score (nSPS) is 31.6. The van der Waals surface area contributed by atoms with E-state index >= 15 is 0 Å². The monoisotopic (exact) mass is 414 g/mol. The Morgan fingerprint density at radius 1 is 1.37 bits per heavy atom. The maximum absolute atomic E-state index is 12.8. The van der Waals surface area contributed by atoms with Crippen molar-refractivity contribution in [2.24, 2.45) is 22.7 Å². The molecule has 1 aromatic heterocycles. The van der Waals surface area contributed by atoms with Crippen molar-refractivity contribution in [1.82, 2.24) is 0 Å². The number of hydrogen-bond donors (Lipinski definition) is 1. The number of aryl methyl sites for hydroxylation is 1. The summed E-state index contributed by atoms with van der Waals surface area (Å²) in [6.07, 6.45) is 12.1. The molecule has 1 heterocycles. The van der Waals surface area contributed by atoms with Crippen molar-refractivity contribution in [2.45, 2.75) is 66.2 Å². The third-order valence-corrected chi connectivity index (χ3v) is 7.94. The van der Waals surface area contributed by atoms with E-state index in [0.29, 0.717) is 17.9 Å². The number of esters is 1. The number of allylic oxidation sites excluding steroid dienone is 2. The number of carbonyl (C=O) groups excluding carboxylic acids is 1. The predicted molar refractivity (Wildman–Crippen MR) is 115 cm³/mol. The van der Waals surface area contributed by atoms with Crippen LogP contribution in [0.3, 0.4) is 0 Å². The molecule has 0 aliphatic heterocycles. The lowest BCUT2D eigenvalue weighted by atomic mass is 9.46. The summed E-state index contributed by atoms with van der Waals surface area (Å²) in [6, 6.07) is 1.98. The van der Waals surface area contributed by atoms with Crippen LogP contribution in [0.2, 0.25) is 0 Å². The topological polar surface area (TPSA) is 76.7 Å². The molecule has 0 unspecified atom stereocenters. The molecule has 3 rings (SSSR count). The number of rotatable bonds is 7. The number of carboxylic acids is 1. The van der Waals surface area contributed by atoms with Crippen LogP contribution >= 0.6 is 0 Å². The van der Waals surface area contributed by atoms with E-state index in [0.717, 1.165) is 43.2 Å². The smallest absolute Gasteiger partial charge is 0.333 e. The van der Waals surface area contributed by atoms with Crippen molar-refractivity contribution in [3.8, 4) is 0 Å². The Morgan fingerprint density at radius 2 is 2.13 bits per heavy atom. The predicted octanol–water partition coefficient (Wildman–Crippen LogP) is 5.57. The van der Waals surface area contributed by atoms with Crippen LogP contribution < -0.4 is 0 Å². The van der Waals surface area contributed by atoms with E-state index in [-0.39, 0.29) is 23.9 Å². The number of aliphatic carboxylic acids is 1. The summed E-state index contributed by atoms with van der Waals surface area (Å²) < 4.78 is 10.7. The lowest BCUT2D eigenvalue weighted by Crippen LogP contribution is -2.55. The van der Waals surface area contributed by atoms with Gasteiger partial charge < -0.3 is 14.3 Å². The Bertz CT molecular complexity index is 834. The molecule has 30 heavy (non-hydrogen) atoms. The van der Waals surface area contributed by atoms with E-state index in [9.17, 15) is 14.7 Å². The first kappa shape index (κ1) is 22.4. The number of fused-ring (bicyclic) bond motifs is 1. The summed E-state index contributed by atoms with van der Waals surface area (Å²) in [6.45, 7) is 8.08. The summed E-state index contributed by atoms with van der Waals surface area (Å²) in [5, 5.41) is 10.5. The fraction of sp³-hybridized carbons (Fsp3) is 0.600. The van der Waals surface area contributed by atoms with Crippen molar-refractivity contribution >= 4 is 11.9 Å². The van der Waals surface area contributed by atoms with Gasteiger partial charge in [0.25, 0.3) is 0 Å². The van der Waals surface area contributed by atoms with Gasteiger partial charge in [0.2, 0.25) is 0 Å². The average Bonchev–Trinajstić information content (AvgIpc) is 3.26. The van der Waals surface area contributed by atoms with Gasteiger partial charge in [-0.05, 0) is 86.8 Å². The fourth-order valence-corrected chi connectivity index (χ4v) is 5.65. The molecular weight excluding hydrogens is 380 g/mol. The van der Waals surface area contributed by atoms with Crippen molar-refractivity contribution < 1.29 is 23.8 Å². The number of carboxylic acid groups (broad SMARTS) is 1. The van der Waals surface area contributed by atoms with Crippen LogP contribution in [0.5, 0.6) is 0 Å². The van der Waals surface area contributed by atoms with Gasteiger partial charge in [-0.15, -0.1) is 0 Å². The Morgan fingerprint density at radius 3 is 2.77 bits per heavy atom. The molecule has 0 spiro atoms. The molecule has 164 valence electrons. The molecule has 1 fully saturated rings. The standard InChI is InChI=1S/C25H34O5/c1-5-17(2)22(26)30-16-20-7-6-8-21-24(4,12-10-19-11-14-29-15-19)18(3)9-13-25(20,21)23(27)28/h5,7,11,14-15,18,21H,6,8-10,12-13,16H2,1-4H3,(H,27,28)/b17-5-/t18-,21+,24+,25-/m0/s1. The molecule has 2 aliphatic carbocycles. The van der Waals surface area contributed by atoms with Crippen LogP contribution in [0.1, 0.15) is 65.4 Å². The van der Waals surface area contributed by atoms with Gasteiger partial charge in [0, 0.05) is 5.57 Å². The summed E-state index contributed by atoms with van der Waals surface area (Å²) >= 11 is 0. The van der Waals surface area contributed by atoms with E-state index in [4.69, 9.17) is 9.15 Å². The van der Waals surface area contributed by atoms with Crippen LogP contribution in [0.4, 0.5) is 0 Å². The summed E-state index contributed by atoms with van der Waals surface area (Å²) in [5.41, 5.74) is 1.38. The second kappa shape index (κ2) is 8.83. The minimum absolute atomic E-state index is 0.0136. The number of furan rings is 1. The largest absolute Gasteiger partial charge is 0.481 e. The molecule has 5 heteroatoms. The van der Waals surface area contributed by atoms with Crippen LogP contribution in [0.25, 0.3) is 0 Å². The van der Waals surface area contributed by atoms with Gasteiger partial charge in [0.15, 0.2) is 0 Å². The van der Waals surface area contributed by atoms with Gasteiger partial charge in [0.05, 0.1) is 17.9 Å². The molecule has 5 nitrogen and oxygen atoms in total. The van der Waals surface area contributed by atoms with E-state index in [1.807, 2.05) is 12.1 Å². The number of hydrogen-bond acceptors (Lipinski definition) is 4. The molecule has 0 radical (unpaired) electrons. The van der Waals surface area contributed by atoms with E-state index in [1.54, 1.807) is 32.4 Å². The minimum atomic E-state index is -0.958. The fourth-order valence-electron chi connectivity index (χ4n) is 5.65. The molecule has 2 aliphatic rings. The van der Waals surface area contributed by atoms with Crippen molar-refractivity contribution in [2.75, 3.05) is 6.61 Å². The average molecular weight is 415 g/mol. The highest BCUT2D eigenvalue weighted by atomic mass is 16.5. The van der Waals surface area contributed by atoms with Crippen LogP contribution in [0, 0.1) is 22.7 Å². The quantitative estimate of drug-likeness (QED) is 0.359. The highest BCUT2D eigenvalue weighted by molar-refractivity contribution is 5.88.